The topological polar surface area (TPSA) is 69.2 Å². The molecule has 1 aliphatic rings. The Morgan fingerprint density at radius 2 is 1.79 bits per heavy atom. The standard InChI is InChI=1S/C26H28N2O4S/c1-16-5-11-20-23(13-16)33-26(27-15-17-6-8-18(30-2)9-7-17)24(20)25(29)28-21-14-19(31-3)10-12-22(21)32-4/h6-10,12,14-16H,5,11,13H2,1-4H3,(H,28,29). The van der Waals surface area contributed by atoms with Crippen LogP contribution >= 0.6 is 11.3 Å². The Morgan fingerprint density at radius 3 is 2.48 bits per heavy atom. The van der Waals surface area contributed by atoms with Gasteiger partial charge in [-0.15, -0.1) is 11.3 Å². The molecular weight excluding hydrogens is 436 g/mol. The molecule has 7 heteroatoms. The Balaban J connectivity index is 1.69. The van der Waals surface area contributed by atoms with Gasteiger partial charge >= 0.3 is 0 Å². The molecule has 6 nitrogen and oxygen atoms in total. The van der Waals surface area contributed by atoms with E-state index in [0.29, 0.717) is 28.7 Å². The van der Waals surface area contributed by atoms with Crippen molar-refractivity contribution in [2.24, 2.45) is 10.9 Å². The second-order valence-electron chi connectivity index (χ2n) is 8.08. The van der Waals surface area contributed by atoms with E-state index < -0.39 is 0 Å². The second kappa shape index (κ2) is 10.1. The second-order valence-corrected chi connectivity index (χ2v) is 9.17. The number of thiophene rings is 1. The maximum Gasteiger partial charge on any atom is 0.259 e. The minimum atomic E-state index is -0.185. The minimum absolute atomic E-state index is 0.185. The number of nitrogens with one attached hydrogen (secondary N) is 1. The number of fused-ring (bicyclic) bond motifs is 1. The number of methoxy groups -OCH3 is 3. The van der Waals surface area contributed by atoms with E-state index in [1.807, 2.05) is 24.3 Å². The lowest BCUT2D eigenvalue weighted by Gasteiger charge is -2.19. The third kappa shape index (κ3) is 5.03. The van der Waals surface area contributed by atoms with Crippen LogP contribution in [0.15, 0.2) is 47.5 Å². The molecule has 0 aliphatic heterocycles. The predicted molar refractivity (Wildman–Crippen MR) is 133 cm³/mol. The zero-order valence-corrected chi connectivity index (χ0v) is 20.1. The molecule has 172 valence electrons. The van der Waals surface area contributed by atoms with Crippen molar-refractivity contribution in [2.45, 2.75) is 26.2 Å². The molecule has 1 N–H and O–H groups in total. The van der Waals surface area contributed by atoms with E-state index in [2.05, 4.69) is 12.2 Å². The Labute approximate surface area is 198 Å². The molecule has 33 heavy (non-hydrogen) atoms. The van der Waals surface area contributed by atoms with Crippen LogP contribution in [-0.4, -0.2) is 33.5 Å². The van der Waals surface area contributed by atoms with Gasteiger partial charge in [0.1, 0.15) is 22.2 Å². The van der Waals surface area contributed by atoms with Crippen LogP contribution in [0.5, 0.6) is 17.2 Å². The number of benzene rings is 2. The van der Waals surface area contributed by atoms with Crippen LogP contribution in [0, 0.1) is 5.92 Å². The summed E-state index contributed by atoms with van der Waals surface area (Å²) >= 11 is 1.61. The SMILES string of the molecule is COc1ccc(C=Nc2sc3c(c2C(=O)Nc2cc(OC)ccc2OC)CCC(C)C3)cc1. The maximum absolute atomic E-state index is 13.5. The monoisotopic (exact) mass is 464 g/mol. The predicted octanol–water partition coefficient (Wildman–Crippen LogP) is 5.90. The van der Waals surface area contributed by atoms with Gasteiger partial charge < -0.3 is 19.5 Å². The fraction of sp³-hybridized carbons (Fsp3) is 0.308. The summed E-state index contributed by atoms with van der Waals surface area (Å²) in [5.41, 5.74) is 3.27. The van der Waals surface area contributed by atoms with E-state index in [0.717, 1.165) is 41.1 Å². The van der Waals surface area contributed by atoms with Gasteiger partial charge in [0, 0.05) is 17.2 Å². The summed E-state index contributed by atoms with van der Waals surface area (Å²) in [6.07, 6.45) is 4.71. The maximum atomic E-state index is 13.5. The van der Waals surface area contributed by atoms with E-state index in [-0.39, 0.29) is 5.91 Å². The summed E-state index contributed by atoms with van der Waals surface area (Å²) in [5.74, 6) is 2.43. The first-order valence-corrected chi connectivity index (χ1v) is 11.7. The van der Waals surface area contributed by atoms with Crippen molar-refractivity contribution in [3.05, 3.63) is 64.0 Å². The highest BCUT2D eigenvalue weighted by Crippen LogP contribution is 2.42. The van der Waals surface area contributed by atoms with E-state index in [1.165, 1.54) is 4.88 Å². The molecule has 1 heterocycles. The molecule has 0 spiro atoms. The summed E-state index contributed by atoms with van der Waals surface area (Å²) in [6.45, 7) is 2.25. The van der Waals surface area contributed by atoms with Gasteiger partial charge in [0.15, 0.2) is 0 Å². The van der Waals surface area contributed by atoms with E-state index >= 15 is 0 Å². The van der Waals surface area contributed by atoms with Crippen LogP contribution in [-0.2, 0) is 12.8 Å². The smallest absolute Gasteiger partial charge is 0.259 e. The van der Waals surface area contributed by atoms with Crippen LogP contribution in [0.3, 0.4) is 0 Å². The first kappa shape index (κ1) is 22.9. The summed E-state index contributed by atoms with van der Waals surface area (Å²) < 4.78 is 16.0. The summed E-state index contributed by atoms with van der Waals surface area (Å²) in [4.78, 5) is 19.5. The Hall–Kier alpha value is -3.32. The summed E-state index contributed by atoms with van der Waals surface area (Å²) in [5, 5.41) is 3.75. The Bertz CT molecular complexity index is 1170. The molecule has 1 amide bonds. The first-order chi connectivity index (χ1) is 16.0. The number of rotatable bonds is 7. The van der Waals surface area contributed by atoms with Crippen molar-refractivity contribution in [3.8, 4) is 17.2 Å². The quantitative estimate of drug-likeness (QED) is 0.442. The lowest BCUT2D eigenvalue weighted by Crippen LogP contribution is -2.17. The molecule has 0 saturated heterocycles. The fourth-order valence-corrected chi connectivity index (χ4v) is 5.33. The van der Waals surface area contributed by atoms with Gasteiger partial charge in [-0.05, 0) is 72.7 Å². The number of carbonyl (C=O) groups excluding carboxylic acids is 1. The number of amides is 1. The summed E-state index contributed by atoms with van der Waals surface area (Å²) in [6, 6.07) is 13.0. The van der Waals surface area contributed by atoms with Crippen LogP contribution in [0.1, 0.15) is 39.7 Å². The highest BCUT2D eigenvalue weighted by Gasteiger charge is 2.28. The van der Waals surface area contributed by atoms with Crippen molar-refractivity contribution in [2.75, 3.05) is 26.6 Å². The summed E-state index contributed by atoms with van der Waals surface area (Å²) in [7, 11) is 4.81. The third-order valence-corrected chi connectivity index (χ3v) is 6.98. The van der Waals surface area contributed by atoms with E-state index in [4.69, 9.17) is 19.2 Å². The molecule has 0 radical (unpaired) electrons. The highest BCUT2D eigenvalue weighted by molar-refractivity contribution is 7.16. The number of ether oxygens (including phenoxy) is 3. The molecule has 3 aromatic rings. The van der Waals surface area contributed by atoms with Gasteiger partial charge in [-0.1, -0.05) is 6.92 Å². The van der Waals surface area contributed by atoms with Crippen LogP contribution in [0.2, 0.25) is 0 Å². The molecule has 1 atom stereocenters. The molecular formula is C26H28N2O4S. The third-order valence-electron chi connectivity index (χ3n) is 5.82. The Kier molecular flexibility index (Phi) is 6.99. The van der Waals surface area contributed by atoms with E-state index in [9.17, 15) is 4.79 Å². The number of anilines is 1. The Morgan fingerprint density at radius 1 is 1.06 bits per heavy atom. The van der Waals surface area contributed by atoms with Crippen LogP contribution < -0.4 is 19.5 Å². The number of hydrogen-bond donors (Lipinski definition) is 1. The molecule has 4 rings (SSSR count). The van der Waals surface area contributed by atoms with Crippen molar-refractivity contribution < 1.29 is 19.0 Å². The largest absolute Gasteiger partial charge is 0.497 e. The van der Waals surface area contributed by atoms with Gasteiger partial charge in [0.05, 0.1) is 32.6 Å². The fourth-order valence-electron chi connectivity index (χ4n) is 3.98. The number of carbonyl (C=O) groups is 1. The lowest BCUT2D eigenvalue weighted by atomic mass is 9.88. The number of nitrogens with zero attached hydrogens (tertiary/aromatic N) is 1. The van der Waals surface area contributed by atoms with Gasteiger partial charge in [-0.3, -0.25) is 4.79 Å². The van der Waals surface area contributed by atoms with Gasteiger partial charge in [-0.25, -0.2) is 4.99 Å². The van der Waals surface area contributed by atoms with Crippen molar-refractivity contribution >= 4 is 34.1 Å². The van der Waals surface area contributed by atoms with Crippen molar-refractivity contribution in [1.29, 1.82) is 0 Å². The molecule has 0 saturated carbocycles. The highest BCUT2D eigenvalue weighted by atomic mass is 32.1. The average Bonchev–Trinajstić information content (AvgIpc) is 3.20. The van der Waals surface area contributed by atoms with Gasteiger partial charge in [0.2, 0.25) is 0 Å². The molecule has 2 aromatic carbocycles. The van der Waals surface area contributed by atoms with Gasteiger partial charge in [-0.2, -0.15) is 0 Å². The van der Waals surface area contributed by atoms with Gasteiger partial charge in [0.25, 0.3) is 5.91 Å². The molecule has 1 unspecified atom stereocenters. The average molecular weight is 465 g/mol. The van der Waals surface area contributed by atoms with Crippen LogP contribution in [0.4, 0.5) is 10.7 Å². The van der Waals surface area contributed by atoms with Crippen LogP contribution in [0.25, 0.3) is 0 Å². The zero-order chi connectivity index (χ0) is 23.4. The zero-order valence-electron chi connectivity index (χ0n) is 19.3. The van der Waals surface area contributed by atoms with E-state index in [1.54, 1.807) is 57.1 Å². The molecule has 1 aliphatic carbocycles. The normalized spacial score (nSPS) is 15.2. The molecule has 1 aromatic heterocycles. The number of hydrogen-bond acceptors (Lipinski definition) is 6. The number of aliphatic imine (C=N–C) groups is 1. The van der Waals surface area contributed by atoms with Crippen molar-refractivity contribution in [3.63, 3.8) is 0 Å². The molecule has 0 bridgehead atoms. The minimum Gasteiger partial charge on any atom is -0.497 e. The molecule has 0 fully saturated rings. The lowest BCUT2D eigenvalue weighted by molar-refractivity contribution is 0.102. The first-order valence-electron chi connectivity index (χ1n) is 10.9. The van der Waals surface area contributed by atoms with Crippen molar-refractivity contribution in [1.82, 2.24) is 0 Å².